The highest BCUT2D eigenvalue weighted by molar-refractivity contribution is 5.48. The van der Waals surface area contributed by atoms with Crippen LogP contribution in [0.2, 0.25) is 0 Å². The molecular formula is C18H14O4. The van der Waals surface area contributed by atoms with E-state index >= 15 is 0 Å². The normalized spacial score (nSPS) is 10.2. The van der Waals surface area contributed by atoms with Crippen molar-refractivity contribution < 1.29 is 19.7 Å². The van der Waals surface area contributed by atoms with Gasteiger partial charge in [-0.1, -0.05) is 30.3 Å². The standard InChI is InChI=1S/C18H14O4/c19-13-6-5-7-14(12-13)21-17-10-3-4-11-18(17)22-16-9-2-1-8-15(16)20/h1-12,19-20H. The Kier molecular flexibility index (Phi) is 3.83. The molecule has 3 aromatic carbocycles. The van der Waals surface area contributed by atoms with Gasteiger partial charge in [0, 0.05) is 6.07 Å². The Balaban J connectivity index is 1.88. The van der Waals surface area contributed by atoms with Gasteiger partial charge in [0.25, 0.3) is 0 Å². The Morgan fingerprint density at radius 2 is 1.23 bits per heavy atom. The molecule has 3 rings (SSSR count). The highest BCUT2D eigenvalue weighted by Gasteiger charge is 2.09. The van der Waals surface area contributed by atoms with E-state index in [2.05, 4.69) is 0 Å². The SMILES string of the molecule is Oc1cccc(Oc2ccccc2Oc2ccccc2O)c1. The van der Waals surface area contributed by atoms with Gasteiger partial charge in [0.1, 0.15) is 11.5 Å². The average Bonchev–Trinajstić information content (AvgIpc) is 2.51. The first-order chi connectivity index (χ1) is 10.7. The molecule has 4 nitrogen and oxygen atoms in total. The van der Waals surface area contributed by atoms with E-state index in [0.717, 1.165) is 0 Å². The predicted octanol–water partition coefficient (Wildman–Crippen LogP) is 4.68. The van der Waals surface area contributed by atoms with Crippen LogP contribution in [-0.4, -0.2) is 10.2 Å². The summed E-state index contributed by atoms with van der Waals surface area (Å²) in [4.78, 5) is 0. The largest absolute Gasteiger partial charge is 0.508 e. The molecule has 0 aliphatic rings. The van der Waals surface area contributed by atoms with E-state index < -0.39 is 0 Å². The number of hydrogen-bond acceptors (Lipinski definition) is 4. The summed E-state index contributed by atoms with van der Waals surface area (Å²) in [5, 5.41) is 19.3. The van der Waals surface area contributed by atoms with Crippen molar-refractivity contribution in [2.45, 2.75) is 0 Å². The summed E-state index contributed by atoms with van der Waals surface area (Å²) in [6.07, 6.45) is 0. The van der Waals surface area contributed by atoms with Gasteiger partial charge in [-0.2, -0.15) is 0 Å². The van der Waals surface area contributed by atoms with Crippen LogP contribution in [0.1, 0.15) is 0 Å². The zero-order valence-electron chi connectivity index (χ0n) is 11.6. The quantitative estimate of drug-likeness (QED) is 0.733. The smallest absolute Gasteiger partial charge is 0.170 e. The summed E-state index contributed by atoms with van der Waals surface area (Å²) < 4.78 is 11.4. The fourth-order valence-corrected chi connectivity index (χ4v) is 1.95. The fraction of sp³-hybridized carbons (Fsp3) is 0. The second-order valence-electron chi connectivity index (χ2n) is 4.62. The fourth-order valence-electron chi connectivity index (χ4n) is 1.95. The molecule has 0 radical (unpaired) electrons. The number of para-hydroxylation sites is 4. The van der Waals surface area contributed by atoms with Gasteiger partial charge in [0.2, 0.25) is 0 Å². The lowest BCUT2D eigenvalue weighted by atomic mass is 10.3. The number of ether oxygens (including phenoxy) is 2. The molecule has 0 atom stereocenters. The van der Waals surface area contributed by atoms with Crippen molar-refractivity contribution in [3.8, 4) is 34.5 Å². The lowest BCUT2D eigenvalue weighted by Crippen LogP contribution is -1.90. The number of phenolic OH excluding ortho intramolecular Hbond substituents is 2. The molecule has 0 aliphatic carbocycles. The molecule has 0 unspecified atom stereocenters. The molecule has 0 fully saturated rings. The molecule has 0 bridgehead atoms. The number of benzene rings is 3. The Morgan fingerprint density at radius 1 is 0.591 bits per heavy atom. The van der Waals surface area contributed by atoms with Crippen LogP contribution in [0.4, 0.5) is 0 Å². The molecule has 0 spiro atoms. The van der Waals surface area contributed by atoms with Crippen LogP contribution >= 0.6 is 0 Å². The third-order valence-corrected chi connectivity index (χ3v) is 2.98. The van der Waals surface area contributed by atoms with Gasteiger partial charge in [-0.15, -0.1) is 0 Å². The summed E-state index contributed by atoms with van der Waals surface area (Å²) in [6.45, 7) is 0. The van der Waals surface area contributed by atoms with Crippen molar-refractivity contribution in [1.82, 2.24) is 0 Å². The average molecular weight is 294 g/mol. The molecule has 0 heterocycles. The highest BCUT2D eigenvalue weighted by Crippen LogP contribution is 2.37. The monoisotopic (exact) mass is 294 g/mol. The third-order valence-electron chi connectivity index (χ3n) is 2.98. The number of phenols is 2. The first kappa shape index (κ1) is 13.8. The number of rotatable bonds is 4. The first-order valence-electron chi connectivity index (χ1n) is 6.74. The van der Waals surface area contributed by atoms with E-state index in [1.165, 1.54) is 6.07 Å². The van der Waals surface area contributed by atoms with Crippen LogP contribution < -0.4 is 9.47 Å². The highest BCUT2D eigenvalue weighted by atomic mass is 16.5. The van der Waals surface area contributed by atoms with Crippen molar-refractivity contribution >= 4 is 0 Å². The summed E-state index contributed by atoms with van der Waals surface area (Å²) in [6, 6.07) is 20.3. The minimum absolute atomic E-state index is 0.0506. The maximum atomic E-state index is 9.79. The van der Waals surface area contributed by atoms with Gasteiger partial charge in [-0.05, 0) is 36.4 Å². The van der Waals surface area contributed by atoms with Crippen LogP contribution in [0.5, 0.6) is 34.5 Å². The molecule has 2 N–H and O–H groups in total. The van der Waals surface area contributed by atoms with Crippen LogP contribution in [-0.2, 0) is 0 Å². The minimum Gasteiger partial charge on any atom is -0.508 e. The van der Waals surface area contributed by atoms with Crippen LogP contribution in [0.15, 0.2) is 72.8 Å². The van der Waals surface area contributed by atoms with Crippen LogP contribution in [0.25, 0.3) is 0 Å². The van der Waals surface area contributed by atoms with Crippen molar-refractivity contribution in [2.75, 3.05) is 0 Å². The van der Waals surface area contributed by atoms with E-state index in [1.807, 2.05) is 12.1 Å². The van der Waals surface area contributed by atoms with Crippen molar-refractivity contribution in [1.29, 1.82) is 0 Å². The Labute approximate surface area is 127 Å². The van der Waals surface area contributed by atoms with E-state index in [9.17, 15) is 10.2 Å². The third kappa shape index (κ3) is 3.12. The number of aromatic hydroxyl groups is 2. The predicted molar refractivity (Wildman–Crippen MR) is 82.8 cm³/mol. The van der Waals surface area contributed by atoms with Crippen molar-refractivity contribution in [3.05, 3.63) is 72.8 Å². The van der Waals surface area contributed by atoms with Gasteiger partial charge >= 0.3 is 0 Å². The lowest BCUT2D eigenvalue weighted by Gasteiger charge is -2.13. The van der Waals surface area contributed by atoms with Gasteiger partial charge < -0.3 is 19.7 Å². The minimum atomic E-state index is 0.0506. The Morgan fingerprint density at radius 3 is 1.91 bits per heavy atom. The van der Waals surface area contributed by atoms with E-state index in [1.54, 1.807) is 54.6 Å². The molecule has 0 saturated carbocycles. The summed E-state index contributed by atoms with van der Waals surface area (Å²) in [5.74, 6) is 1.96. The van der Waals surface area contributed by atoms with E-state index in [4.69, 9.17) is 9.47 Å². The molecule has 110 valence electrons. The second kappa shape index (κ2) is 6.10. The molecule has 4 heteroatoms. The maximum absolute atomic E-state index is 9.79. The molecule has 0 saturated heterocycles. The summed E-state index contributed by atoms with van der Waals surface area (Å²) in [7, 11) is 0. The lowest BCUT2D eigenvalue weighted by molar-refractivity contribution is 0.388. The zero-order chi connectivity index (χ0) is 15.4. The van der Waals surface area contributed by atoms with Crippen molar-refractivity contribution in [2.24, 2.45) is 0 Å². The summed E-state index contributed by atoms with van der Waals surface area (Å²) >= 11 is 0. The van der Waals surface area contributed by atoms with Gasteiger partial charge in [0.15, 0.2) is 23.0 Å². The van der Waals surface area contributed by atoms with Crippen molar-refractivity contribution in [3.63, 3.8) is 0 Å². The van der Waals surface area contributed by atoms with E-state index in [-0.39, 0.29) is 11.5 Å². The molecule has 0 amide bonds. The van der Waals surface area contributed by atoms with Crippen LogP contribution in [0.3, 0.4) is 0 Å². The zero-order valence-corrected chi connectivity index (χ0v) is 11.6. The van der Waals surface area contributed by atoms with Gasteiger partial charge in [-0.25, -0.2) is 0 Å². The topological polar surface area (TPSA) is 58.9 Å². The first-order valence-corrected chi connectivity index (χ1v) is 6.74. The molecule has 0 aliphatic heterocycles. The Hall–Kier alpha value is -3.14. The molecule has 3 aromatic rings. The molecule has 0 aromatic heterocycles. The molecular weight excluding hydrogens is 280 g/mol. The Bertz CT molecular complexity index is 783. The second-order valence-corrected chi connectivity index (χ2v) is 4.62. The molecule has 22 heavy (non-hydrogen) atoms. The summed E-state index contributed by atoms with van der Waals surface area (Å²) in [5.41, 5.74) is 0. The van der Waals surface area contributed by atoms with Gasteiger partial charge in [-0.3, -0.25) is 0 Å². The van der Waals surface area contributed by atoms with Crippen LogP contribution in [0, 0.1) is 0 Å². The van der Waals surface area contributed by atoms with Gasteiger partial charge in [0.05, 0.1) is 0 Å². The number of hydrogen-bond donors (Lipinski definition) is 2. The van der Waals surface area contributed by atoms with E-state index in [0.29, 0.717) is 23.0 Å². The maximum Gasteiger partial charge on any atom is 0.170 e.